The van der Waals surface area contributed by atoms with Gasteiger partial charge in [-0.05, 0) is 77.1 Å². The molecular weight excluding hydrogens is 486 g/mol. The summed E-state index contributed by atoms with van der Waals surface area (Å²) < 4.78 is 10.7. The molecule has 0 radical (unpaired) electrons. The molecule has 0 spiro atoms. The molecule has 4 amide bonds. The Balaban J connectivity index is 1.77. The van der Waals surface area contributed by atoms with Gasteiger partial charge in [-0.3, -0.25) is 14.5 Å². The molecule has 0 saturated carbocycles. The largest absolute Gasteiger partial charge is 0.444 e. The number of ether oxygens (including phenoxy) is 2. The zero-order chi connectivity index (χ0) is 28.1. The van der Waals surface area contributed by atoms with Crippen molar-refractivity contribution in [3.05, 3.63) is 70.8 Å². The van der Waals surface area contributed by atoms with E-state index in [1.54, 1.807) is 65.8 Å². The maximum absolute atomic E-state index is 13.0. The average Bonchev–Trinajstić information content (AvgIpc) is 3.05. The smallest absolute Gasteiger partial charge is 0.407 e. The summed E-state index contributed by atoms with van der Waals surface area (Å²) in [5.41, 5.74) is 1.24. The standard InChI is InChI=1S/C29H37N3O6/c1-28(2,3)37-26(35)30-16-19(18-32-24(33)22-13-9-10-14-23(22)25(32)34)15-20-11-7-8-12-21(20)17-31-27(36)38-29(4,5)6/h7-14,19H,15-18H2,1-6H3,(H,30,35)(H,31,36). The third-order valence-electron chi connectivity index (χ3n) is 5.70. The third-order valence-corrected chi connectivity index (χ3v) is 5.70. The number of carbonyl (C=O) groups excluding carboxylic acids is 4. The van der Waals surface area contributed by atoms with Gasteiger partial charge in [0.05, 0.1) is 11.1 Å². The number of rotatable bonds is 8. The molecule has 9 heteroatoms. The first-order chi connectivity index (χ1) is 17.7. The molecule has 1 heterocycles. The lowest BCUT2D eigenvalue weighted by molar-refractivity contribution is 0.0502. The van der Waals surface area contributed by atoms with E-state index >= 15 is 0 Å². The summed E-state index contributed by atoms with van der Waals surface area (Å²) in [5, 5.41) is 5.55. The molecule has 1 unspecified atom stereocenters. The van der Waals surface area contributed by atoms with Crippen LogP contribution in [0.2, 0.25) is 0 Å². The van der Waals surface area contributed by atoms with Crippen LogP contribution in [0.4, 0.5) is 9.59 Å². The van der Waals surface area contributed by atoms with E-state index in [-0.39, 0.29) is 37.4 Å². The topological polar surface area (TPSA) is 114 Å². The van der Waals surface area contributed by atoms with Crippen LogP contribution in [0.15, 0.2) is 48.5 Å². The molecular formula is C29H37N3O6. The summed E-state index contributed by atoms with van der Waals surface area (Å²) in [6, 6.07) is 14.3. The van der Waals surface area contributed by atoms with Gasteiger partial charge >= 0.3 is 12.2 Å². The van der Waals surface area contributed by atoms with Crippen LogP contribution in [0.5, 0.6) is 0 Å². The number of fused-ring (bicyclic) bond motifs is 1. The Morgan fingerprint density at radius 3 is 1.76 bits per heavy atom. The number of imide groups is 1. The highest BCUT2D eigenvalue weighted by atomic mass is 16.6. The number of benzene rings is 2. The second-order valence-corrected chi connectivity index (χ2v) is 11.3. The molecule has 2 aromatic rings. The zero-order valence-electron chi connectivity index (χ0n) is 22.9. The highest BCUT2D eigenvalue weighted by Gasteiger charge is 2.36. The minimum Gasteiger partial charge on any atom is -0.444 e. The van der Waals surface area contributed by atoms with Gasteiger partial charge in [-0.1, -0.05) is 36.4 Å². The van der Waals surface area contributed by atoms with E-state index in [9.17, 15) is 19.2 Å². The number of carbonyl (C=O) groups is 4. The number of nitrogens with zero attached hydrogens (tertiary/aromatic N) is 1. The molecule has 3 rings (SSSR count). The van der Waals surface area contributed by atoms with Gasteiger partial charge in [-0.15, -0.1) is 0 Å². The lowest BCUT2D eigenvalue weighted by Gasteiger charge is -2.25. The Hall–Kier alpha value is -3.88. The first kappa shape index (κ1) is 28.7. The van der Waals surface area contributed by atoms with Crippen molar-refractivity contribution in [2.45, 2.75) is 65.7 Å². The first-order valence-electron chi connectivity index (χ1n) is 12.7. The summed E-state index contributed by atoms with van der Waals surface area (Å²) >= 11 is 0. The molecule has 0 aromatic heterocycles. The predicted molar refractivity (Wildman–Crippen MR) is 143 cm³/mol. The second kappa shape index (κ2) is 11.7. The van der Waals surface area contributed by atoms with Crippen molar-refractivity contribution in [1.29, 1.82) is 0 Å². The summed E-state index contributed by atoms with van der Waals surface area (Å²) in [6.45, 7) is 11.2. The van der Waals surface area contributed by atoms with E-state index in [2.05, 4.69) is 10.6 Å². The van der Waals surface area contributed by atoms with Gasteiger partial charge in [-0.2, -0.15) is 0 Å². The Bertz CT molecular complexity index is 1160. The lowest BCUT2D eigenvalue weighted by Crippen LogP contribution is -2.41. The number of hydrogen-bond acceptors (Lipinski definition) is 6. The van der Waals surface area contributed by atoms with Crippen molar-refractivity contribution >= 4 is 24.0 Å². The second-order valence-electron chi connectivity index (χ2n) is 11.3. The van der Waals surface area contributed by atoms with E-state index in [0.29, 0.717) is 17.5 Å². The van der Waals surface area contributed by atoms with Crippen molar-refractivity contribution in [1.82, 2.24) is 15.5 Å². The van der Waals surface area contributed by atoms with Crippen LogP contribution >= 0.6 is 0 Å². The number of hydrogen-bond donors (Lipinski definition) is 2. The van der Waals surface area contributed by atoms with Gasteiger partial charge < -0.3 is 20.1 Å². The Labute approximate surface area is 223 Å². The molecule has 1 atom stereocenters. The van der Waals surface area contributed by atoms with Crippen molar-refractivity contribution in [2.75, 3.05) is 13.1 Å². The van der Waals surface area contributed by atoms with E-state index in [4.69, 9.17) is 9.47 Å². The highest BCUT2D eigenvalue weighted by molar-refractivity contribution is 6.21. The highest BCUT2D eigenvalue weighted by Crippen LogP contribution is 2.25. The molecule has 0 bridgehead atoms. The Kier molecular flexibility index (Phi) is 8.81. The van der Waals surface area contributed by atoms with Crippen molar-refractivity contribution in [3.8, 4) is 0 Å². The molecule has 0 fully saturated rings. The van der Waals surface area contributed by atoms with E-state index in [1.165, 1.54) is 4.90 Å². The van der Waals surface area contributed by atoms with Gasteiger partial charge in [0.1, 0.15) is 11.2 Å². The normalized spacial score (nSPS) is 14.1. The minimum absolute atomic E-state index is 0.107. The quantitative estimate of drug-likeness (QED) is 0.485. The van der Waals surface area contributed by atoms with Gasteiger partial charge in [0.25, 0.3) is 11.8 Å². The minimum atomic E-state index is -0.665. The Morgan fingerprint density at radius 2 is 1.24 bits per heavy atom. The maximum atomic E-state index is 13.0. The monoisotopic (exact) mass is 523 g/mol. The molecule has 38 heavy (non-hydrogen) atoms. The molecule has 1 aliphatic rings. The van der Waals surface area contributed by atoms with Crippen LogP contribution in [0.1, 0.15) is 73.4 Å². The van der Waals surface area contributed by atoms with Crippen LogP contribution in [0.25, 0.3) is 0 Å². The fourth-order valence-corrected chi connectivity index (χ4v) is 4.13. The molecule has 1 aliphatic heterocycles. The van der Waals surface area contributed by atoms with E-state index < -0.39 is 23.4 Å². The number of amides is 4. The van der Waals surface area contributed by atoms with Crippen LogP contribution < -0.4 is 10.6 Å². The van der Waals surface area contributed by atoms with Crippen molar-refractivity contribution < 1.29 is 28.7 Å². The summed E-state index contributed by atoms with van der Waals surface area (Å²) in [7, 11) is 0. The van der Waals surface area contributed by atoms with E-state index in [1.807, 2.05) is 24.3 Å². The van der Waals surface area contributed by atoms with Crippen molar-refractivity contribution in [2.24, 2.45) is 5.92 Å². The number of alkyl carbamates (subject to hydrolysis) is 2. The molecule has 2 aromatic carbocycles. The lowest BCUT2D eigenvalue weighted by atomic mass is 9.94. The fourth-order valence-electron chi connectivity index (χ4n) is 4.13. The molecule has 0 aliphatic carbocycles. The summed E-state index contributed by atoms with van der Waals surface area (Å²) in [4.78, 5) is 51.8. The third kappa shape index (κ3) is 8.06. The van der Waals surface area contributed by atoms with Gasteiger partial charge in [0, 0.05) is 19.6 Å². The fraction of sp³-hybridized carbons (Fsp3) is 0.448. The van der Waals surface area contributed by atoms with Gasteiger partial charge in [0.15, 0.2) is 0 Å². The van der Waals surface area contributed by atoms with Crippen LogP contribution in [-0.2, 0) is 22.4 Å². The predicted octanol–water partition coefficient (Wildman–Crippen LogP) is 4.69. The first-order valence-corrected chi connectivity index (χ1v) is 12.7. The van der Waals surface area contributed by atoms with Crippen molar-refractivity contribution in [3.63, 3.8) is 0 Å². The molecule has 204 valence electrons. The van der Waals surface area contributed by atoms with Gasteiger partial charge in [0.2, 0.25) is 0 Å². The Morgan fingerprint density at radius 1 is 0.763 bits per heavy atom. The van der Waals surface area contributed by atoms with Crippen LogP contribution in [0, 0.1) is 5.92 Å². The van der Waals surface area contributed by atoms with Gasteiger partial charge in [-0.25, -0.2) is 9.59 Å². The average molecular weight is 524 g/mol. The maximum Gasteiger partial charge on any atom is 0.407 e. The SMILES string of the molecule is CC(C)(C)OC(=O)NCc1ccccc1CC(CNC(=O)OC(C)(C)C)CN1C(=O)c2ccccc2C1=O. The zero-order valence-corrected chi connectivity index (χ0v) is 22.9. The summed E-state index contributed by atoms with van der Waals surface area (Å²) in [5.74, 6) is -1.02. The molecule has 2 N–H and O–H groups in total. The van der Waals surface area contributed by atoms with E-state index in [0.717, 1.165) is 11.1 Å². The van der Waals surface area contributed by atoms with Crippen LogP contribution in [-0.4, -0.2) is 53.2 Å². The molecule has 9 nitrogen and oxygen atoms in total. The summed E-state index contributed by atoms with van der Waals surface area (Å²) in [6.07, 6.45) is -0.666. The van der Waals surface area contributed by atoms with Crippen LogP contribution in [0.3, 0.4) is 0 Å². The molecule has 0 saturated heterocycles. The number of nitrogens with one attached hydrogen (secondary N) is 2.